The van der Waals surface area contributed by atoms with Gasteiger partial charge in [-0.1, -0.05) is 0 Å². The van der Waals surface area contributed by atoms with Crippen LogP contribution in [0, 0.1) is 13.8 Å². The maximum atomic E-state index is 12.2. The molecule has 0 aliphatic rings. The topological polar surface area (TPSA) is 64.6 Å². The molecule has 1 amide bonds. The van der Waals surface area contributed by atoms with Gasteiger partial charge in [0, 0.05) is 15.4 Å². The Hall–Kier alpha value is -2.34. The van der Waals surface area contributed by atoms with E-state index in [1.165, 1.54) is 11.3 Å². The molecule has 0 saturated carbocycles. The van der Waals surface area contributed by atoms with Gasteiger partial charge in [0.2, 0.25) is 0 Å². The Morgan fingerprint density at radius 2 is 1.88 bits per heavy atom. The lowest BCUT2D eigenvalue weighted by Gasteiger charge is -2.13. The minimum Gasteiger partial charge on any atom is -0.494 e. The molecule has 24 heavy (non-hydrogen) atoms. The zero-order valence-electron chi connectivity index (χ0n) is 14.2. The van der Waals surface area contributed by atoms with E-state index in [1.54, 1.807) is 37.3 Å². The number of nitrogens with one attached hydrogen (secondary N) is 1. The van der Waals surface area contributed by atoms with Crippen molar-refractivity contribution in [2.24, 2.45) is 0 Å². The van der Waals surface area contributed by atoms with Crippen LogP contribution in [0.25, 0.3) is 0 Å². The highest BCUT2D eigenvalue weighted by Gasteiger charge is 2.21. The van der Waals surface area contributed by atoms with E-state index in [2.05, 4.69) is 5.32 Å². The predicted molar refractivity (Wildman–Crippen MR) is 94.9 cm³/mol. The second-order valence-corrected chi connectivity index (χ2v) is 6.78. The zero-order valence-corrected chi connectivity index (χ0v) is 15.0. The standard InChI is InChI=1S/C18H21NO4S/c1-5-22-15-8-6-14(7-9-15)19-17(20)12(3)23-18(21)16-10-11(2)24-13(16)4/h6-10,12H,5H2,1-4H3,(H,19,20)/t12-/m1/s1. The molecule has 2 rings (SSSR count). The van der Waals surface area contributed by atoms with Gasteiger partial charge in [0.05, 0.1) is 12.2 Å². The van der Waals surface area contributed by atoms with Gasteiger partial charge in [0.15, 0.2) is 6.10 Å². The van der Waals surface area contributed by atoms with Crippen LogP contribution in [0.5, 0.6) is 5.75 Å². The van der Waals surface area contributed by atoms with Crippen molar-refractivity contribution in [2.75, 3.05) is 11.9 Å². The molecule has 2 aromatic rings. The van der Waals surface area contributed by atoms with E-state index in [1.807, 2.05) is 20.8 Å². The minimum absolute atomic E-state index is 0.378. The molecule has 1 aromatic carbocycles. The molecule has 0 aliphatic heterocycles. The molecule has 128 valence electrons. The van der Waals surface area contributed by atoms with Crippen molar-refractivity contribution in [1.82, 2.24) is 0 Å². The average Bonchev–Trinajstić information content (AvgIpc) is 2.88. The van der Waals surface area contributed by atoms with Gasteiger partial charge in [-0.05, 0) is 58.0 Å². The van der Waals surface area contributed by atoms with Gasteiger partial charge in [-0.15, -0.1) is 11.3 Å². The zero-order chi connectivity index (χ0) is 17.7. The van der Waals surface area contributed by atoms with E-state index < -0.39 is 12.1 Å². The van der Waals surface area contributed by atoms with Gasteiger partial charge in [0.25, 0.3) is 5.91 Å². The van der Waals surface area contributed by atoms with Gasteiger partial charge in [0.1, 0.15) is 5.75 Å². The molecule has 0 fully saturated rings. The smallest absolute Gasteiger partial charge is 0.340 e. The quantitative estimate of drug-likeness (QED) is 0.804. The van der Waals surface area contributed by atoms with Gasteiger partial charge < -0.3 is 14.8 Å². The first-order valence-corrected chi connectivity index (χ1v) is 8.54. The van der Waals surface area contributed by atoms with Crippen LogP contribution in [0.15, 0.2) is 30.3 Å². The number of ether oxygens (including phenoxy) is 2. The van der Waals surface area contributed by atoms with Crippen LogP contribution in [0.1, 0.15) is 34.0 Å². The molecule has 0 saturated heterocycles. The number of benzene rings is 1. The molecule has 6 heteroatoms. The van der Waals surface area contributed by atoms with Crippen molar-refractivity contribution < 1.29 is 19.1 Å². The molecule has 1 heterocycles. The molecular weight excluding hydrogens is 326 g/mol. The van der Waals surface area contributed by atoms with Gasteiger partial charge in [-0.2, -0.15) is 0 Å². The highest BCUT2D eigenvalue weighted by atomic mass is 32.1. The van der Waals surface area contributed by atoms with Gasteiger partial charge in [-0.25, -0.2) is 4.79 Å². The lowest BCUT2D eigenvalue weighted by Crippen LogP contribution is -2.30. The summed E-state index contributed by atoms with van der Waals surface area (Å²) < 4.78 is 10.6. The maximum absolute atomic E-state index is 12.2. The summed E-state index contributed by atoms with van der Waals surface area (Å²) in [6.07, 6.45) is -0.885. The second kappa shape index (κ2) is 7.97. The van der Waals surface area contributed by atoms with E-state index in [0.29, 0.717) is 17.9 Å². The monoisotopic (exact) mass is 347 g/mol. The number of esters is 1. The number of carbonyl (C=O) groups excluding carboxylic acids is 2. The van der Waals surface area contributed by atoms with E-state index in [4.69, 9.17) is 9.47 Å². The Labute approximate surface area is 145 Å². The van der Waals surface area contributed by atoms with Crippen LogP contribution in [0.4, 0.5) is 5.69 Å². The molecule has 1 aromatic heterocycles. The number of amides is 1. The first kappa shape index (κ1) is 18.0. The fourth-order valence-corrected chi connectivity index (χ4v) is 3.07. The number of thiophene rings is 1. The summed E-state index contributed by atoms with van der Waals surface area (Å²) in [5.74, 6) is -0.124. The van der Waals surface area contributed by atoms with E-state index in [0.717, 1.165) is 15.5 Å². The first-order valence-electron chi connectivity index (χ1n) is 7.72. The summed E-state index contributed by atoms with van der Waals surface area (Å²) in [6, 6.07) is 8.80. The third-order valence-electron chi connectivity index (χ3n) is 3.35. The van der Waals surface area contributed by atoms with Crippen molar-refractivity contribution in [3.63, 3.8) is 0 Å². The Morgan fingerprint density at radius 3 is 2.42 bits per heavy atom. The minimum atomic E-state index is -0.885. The highest BCUT2D eigenvalue weighted by Crippen LogP contribution is 2.22. The van der Waals surface area contributed by atoms with Crippen LogP contribution < -0.4 is 10.1 Å². The van der Waals surface area contributed by atoms with E-state index in [9.17, 15) is 9.59 Å². The Balaban J connectivity index is 1.94. The van der Waals surface area contributed by atoms with Crippen molar-refractivity contribution >= 4 is 28.9 Å². The number of rotatable bonds is 6. The summed E-state index contributed by atoms with van der Waals surface area (Å²) in [7, 11) is 0. The molecule has 5 nitrogen and oxygen atoms in total. The molecule has 1 atom stereocenters. The fourth-order valence-electron chi connectivity index (χ4n) is 2.16. The van der Waals surface area contributed by atoms with Crippen LogP contribution >= 0.6 is 11.3 Å². The second-order valence-electron chi connectivity index (χ2n) is 5.32. The maximum Gasteiger partial charge on any atom is 0.340 e. The number of anilines is 1. The summed E-state index contributed by atoms with van der Waals surface area (Å²) in [5.41, 5.74) is 1.13. The van der Waals surface area contributed by atoms with E-state index in [-0.39, 0.29) is 5.91 Å². The summed E-state index contributed by atoms with van der Waals surface area (Å²) >= 11 is 1.53. The lowest BCUT2D eigenvalue weighted by molar-refractivity contribution is -0.123. The molecular formula is C18H21NO4S. The Morgan fingerprint density at radius 1 is 1.21 bits per heavy atom. The number of hydrogen-bond acceptors (Lipinski definition) is 5. The Bertz CT molecular complexity index is 721. The normalized spacial score (nSPS) is 11.7. The number of hydrogen-bond donors (Lipinski definition) is 1. The fraction of sp³-hybridized carbons (Fsp3) is 0.333. The third kappa shape index (κ3) is 4.58. The van der Waals surface area contributed by atoms with Gasteiger partial charge >= 0.3 is 5.97 Å². The van der Waals surface area contributed by atoms with Crippen LogP contribution in [-0.4, -0.2) is 24.6 Å². The van der Waals surface area contributed by atoms with Crippen LogP contribution in [0.3, 0.4) is 0 Å². The summed E-state index contributed by atoms with van der Waals surface area (Å²) in [4.78, 5) is 26.2. The van der Waals surface area contributed by atoms with E-state index >= 15 is 0 Å². The van der Waals surface area contributed by atoms with Crippen LogP contribution in [0.2, 0.25) is 0 Å². The highest BCUT2D eigenvalue weighted by molar-refractivity contribution is 7.12. The predicted octanol–water partition coefficient (Wildman–Crippen LogP) is 3.95. The molecule has 0 spiro atoms. The van der Waals surface area contributed by atoms with Crippen molar-refractivity contribution in [3.05, 3.63) is 45.6 Å². The molecule has 0 radical (unpaired) electrons. The number of aryl methyl sites for hydroxylation is 2. The van der Waals surface area contributed by atoms with Gasteiger partial charge in [-0.3, -0.25) is 4.79 Å². The summed E-state index contributed by atoms with van der Waals surface area (Å²) in [5, 5.41) is 2.72. The third-order valence-corrected chi connectivity index (χ3v) is 4.31. The molecule has 1 N–H and O–H groups in total. The molecule has 0 unspecified atom stereocenters. The van der Waals surface area contributed by atoms with Crippen molar-refractivity contribution in [1.29, 1.82) is 0 Å². The largest absolute Gasteiger partial charge is 0.494 e. The Kier molecular flexibility index (Phi) is 5.98. The SMILES string of the molecule is CCOc1ccc(NC(=O)[C@@H](C)OC(=O)c2cc(C)sc2C)cc1. The summed E-state index contributed by atoms with van der Waals surface area (Å²) in [6.45, 7) is 7.83. The number of carbonyl (C=O) groups is 2. The average molecular weight is 347 g/mol. The van der Waals surface area contributed by atoms with Crippen LogP contribution in [-0.2, 0) is 9.53 Å². The van der Waals surface area contributed by atoms with Crippen molar-refractivity contribution in [2.45, 2.75) is 33.8 Å². The first-order chi connectivity index (χ1) is 11.4. The molecule has 0 aliphatic carbocycles. The van der Waals surface area contributed by atoms with Crippen molar-refractivity contribution in [3.8, 4) is 5.75 Å². The lowest BCUT2D eigenvalue weighted by atomic mass is 10.2. The molecule has 0 bridgehead atoms.